The van der Waals surface area contributed by atoms with Gasteiger partial charge in [-0.05, 0) is 42.0 Å². The number of pyridine rings is 1. The van der Waals surface area contributed by atoms with Crippen LogP contribution in [0.1, 0.15) is 12.6 Å². The average molecular weight is 258 g/mol. The molecule has 0 aliphatic carbocycles. The smallest absolute Gasteiger partial charge is 0.0544 e. The molecule has 0 bridgehead atoms. The van der Waals surface area contributed by atoms with Crippen molar-refractivity contribution in [3.63, 3.8) is 0 Å². The molecule has 78 valence electrons. The molecule has 3 nitrogen and oxygen atoms in total. The summed E-state index contributed by atoms with van der Waals surface area (Å²) >= 11 is 3.36. The zero-order chi connectivity index (χ0) is 10.6. The zero-order valence-corrected chi connectivity index (χ0v) is 10.2. The standard InChI is InChI=1S/C10H16BrN3/c1-8(5-12)14(2)7-10-4-3-9(11)6-13-10/h3-4,6,8H,5,7,12H2,1-2H3. The maximum atomic E-state index is 5.58. The lowest BCUT2D eigenvalue weighted by molar-refractivity contribution is 0.252. The highest BCUT2D eigenvalue weighted by atomic mass is 79.9. The van der Waals surface area contributed by atoms with E-state index in [0.717, 1.165) is 16.7 Å². The minimum absolute atomic E-state index is 0.389. The lowest BCUT2D eigenvalue weighted by atomic mass is 10.2. The van der Waals surface area contributed by atoms with Crippen LogP contribution in [0.15, 0.2) is 22.8 Å². The molecule has 0 spiro atoms. The van der Waals surface area contributed by atoms with Crippen LogP contribution in [0.3, 0.4) is 0 Å². The molecule has 2 N–H and O–H groups in total. The highest BCUT2D eigenvalue weighted by Gasteiger charge is 2.07. The highest BCUT2D eigenvalue weighted by molar-refractivity contribution is 9.10. The van der Waals surface area contributed by atoms with Crippen molar-refractivity contribution < 1.29 is 0 Å². The Hall–Kier alpha value is -0.450. The number of aromatic nitrogens is 1. The van der Waals surface area contributed by atoms with Crippen molar-refractivity contribution in [2.75, 3.05) is 13.6 Å². The van der Waals surface area contributed by atoms with E-state index in [1.807, 2.05) is 18.3 Å². The normalized spacial score (nSPS) is 13.2. The second-order valence-electron chi connectivity index (χ2n) is 3.47. The van der Waals surface area contributed by atoms with Crippen LogP contribution in [0, 0.1) is 0 Å². The van der Waals surface area contributed by atoms with E-state index in [1.165, 1.54) is 0 Å². The van der Waals surface area contributed by atoms with Crippen molar-refractivity contribution in [2.24, 2.45) is 5.73 Å². The Bertz CT molecular complexity index is 273. The first-order valence-corrected chi connectivity index (χ1v) is 5.43. The van der Waals surface area contributed by atoms with Gasteiger partial charge in [-0.25, -0.2) is 0 Å². The van der Waals surface area contributed by atoms with Gasteiger partial charge in [0.2, 0.25) is 0 Å². The molecule has 0 amide bonds. The van der Waals surface area contributed by atoms with Crippen LogP contribution < -0.4 is 5.73 Å². The summed E-state index contributed by atoms with van der Waals surface area (Å²) in [5, 5.41) is 0. The number of nitrogens with zero attached hydrogens (tertiary/aromatic N) is 2. The average Bonchev–Trinajstić information content (AvgIpc) is 2.20. The number of hydrogen-bond donors (Lipinski definition) is 1. The quantitative estimate of drug-likeness (QED) is 0.892. The summed E-state index contributed by atoms with van der Waals surface area (Å²) < 4.78 is 1.01. The van der Waals surface area contributed by atoms with Crippen LogP contribution in [0.4, 0.5) is 0 Å². The van der Waals surface area contributed by atoms with E-state index in [9.17, 15) is 0 Å². The van der Waals surface area contributed by atoms with Gasteiger partial charge >= 0.3 is 0 Å². The van der Waals surface area contributed by atoms with Gasteiger partial charge in [-0.2, -0.15) is 0 Å². The Morgan fingerprint density at radius 1 is 1.57 bits per heavy atom. The predicted octanol–water partition coefficient (Wildman–Crippen LogP) is 1.62. The molecule has 0 saturated heterocycles. The molecule has 0 aliphatic heterocycles. The van der Waals surface area contributed by atoms with Gasteiger partial charge in [-0.3, -0.25) is 9.88 Å². The molecular weight excluding hydrogens is 242 g/mol. The van der Waals surface area contributed by atoms with Crippen LogP contribution in [0.5, 0.6) is 0 Å². The Morgan fingerprint density at radius 3 is 2.79 bits per heavy atom. The molecule has 1 aromatic rings. The van der Waals surface area contributed by atoms with Crippen LogP contribution in [-0.4, -0.2) is 29.5 Å². The molecule has 1 aromatic heterocycles. The fourth-order valence-corrected chi connectivity index (χ4v) is 1.33. The minimum atomic E-state index is 0.389. The van der Waals surface area contributed by atoms with E-state index >= 15 is 0 Å². The van der Waals surface area contributed by atoms with E-state index in [1.54, 1.807) is 0 Å². The van der Waals surface area contributed by atoms with Gasteiger partial charge in [0.25, 0.3) is 0 Å². The fourth-order valence-electron chi connectivity index (χ4n) is 1.09. The molecule has 1 atom stereocenters. The van der Waals surface area contributed by atoms with E-state index in [-0.39, 0.29) is 0 Å². The van der Waals surface area contributed by atoms with Crippen molar-refractivity contribution in [1.82, 2.24) is 9.88 Å². The van der Waals surface area contributed by atoms with Crippen molar-refractivity contribution in [3.05, 3.63) is 28.5 Å². The maximum absolute atomic E-state index is 5.58. The van der Waals surface area contributed by atoms with E-state index in [4.69, 9.17) is 5.73 Å². The van der Waals surface area contributed by atoms with Gasteiger partial charge in [0.1, 0.15) is 0 Å². The van der Waals surface area contributed by atoms with Gasteiger partial charge in [-0.15, -0.1) is 0 Å². The Kier molecular flexibility index (Phi) is 4.51. The molecule has 14 heavy (non-hydrogen) atoms. The van der Waals surface area contributed by atoms with Gasteiger partial charge in [-0.1, -0.05) is 0 Å². The number of hydrogen-bond acceptors (Lipinski definition) is 3. The molecule has 1 rings (SSSR count). The summed E-state index contributed by atoms with van der Waals surface area (Å²) in [4.78, 5) is 6.50. The van der Waals surface area contributed by atoms with Gasteiger partial charge < -0.3 is 5.73 Å². The Labute approximate surface area is 93.4 Å². The third-order valence-corrected chi connectivity index (χ3v) is 2.76. The second kappa shape index (κ2) is 5.44. The molecule has 0 aliphatic rings. The molecule has 4 heteroatoms. The summed E-state index contributed by atoms with van der Waals surface area (Å²) in [7, 11) is 2.06. The summed E-state index contributed by atoms with van der Waals surface area (Å²) in [5.41, 5.74) is 6.65. The predicted molar refractivity (Wildman–Crippen MR) is 61.9 cm³/mol. The number of halogens is 1. The molecule has 0 saturated carbocycles. The van der Waals surface area contributed by atoms with Crippen LogP contribution >= 0.6 is 15.9 Å². The molecular formula is C10H16BrN3. The first kappa shape index (κ1) is 11.6. The van der Waals surface area contributed by atoms with Crippen LogP contribution in [-0.2, 0) is 6.54 Å². The fraction of sp³-hybridized carbons (Fsp3) is 0.500. The second-order valence-corrected chi connectivity index (χ2v) is 4.38. The van der Waals surface area contributed by atoms with Gasteiger partial charge in [0, 0.05) is 29.8 Å². The molecule has 1 heterocycles. The first-order valence-electron chi connectivity index (χ1n) is 4.64. The largest absolute Gasteiger partial charge is 0.329 e. The summed E-state index contributed by atoms with van der Waals surface area (Å²) in [6.45, 7) is 3.62. The maximum Gasteiger partial charge on any atom is 0.0544 e. The van der Waals surface area contributed by atoms with E-state index in [2.05, 4.69) is 39.8 Å². The number of rotatable bonds is 4. The number of likely N-dealkylation sites (N-methyl/N-ethyl adjacent to an activating group) is 1. The summed E-state index contributed by atoms with van der Waals surface area (Å²) in [5.74, 6) is 0. The minimum Gasteiger partial charge on any atom is -0.329 e. The highest BCUT2D eigenvalue weighted by Crippen LogP contribution is 2.09. The lowest BCUT2D eigenvalue weighted by Crippen LogP contribution is -2.34. The Morgan fingerprint density at radius 2 is 2.29 bits per heavy atom. The van der Waals surface area contributed by atoms with Crippen LogP contribution in [0.25, 0.3) is 0 Å². The van der Waals surface area contributed by atoms with Crippen molar-refractivity contribution in [3.8, 4) is 0 Å². The van der Waals surface area contributed by atoms with Crippen molar-refractivity contribution in [1.29, 1.82) is 0 Å². The summed E-state index contributed by atoms with van der Waals surface area (Å²) in [6.07, 6.45) is 1.82. The van der Waals surface area contributed by atoms with Gasteiger partial charge in [0.05, 0.1) is 5.69 Å². The van der Waals surface area contributed by atoms with Crippen LogP contribution in [0.2, 0.25) is 0 Å². The van der Waals surface area contributed by atoms with Gasteiger partial charge in [0.15, 0.2) is 0 Å². The Balaban J connectivity index is 2.56. The SMILES string of the molecule is CC(CN)N(C)Cc1ccc(Br)cn1. The monoisotopic (exact) mass is 257 g/mol. The third kappa shape index (κ3) is 3.36. The lowest BCUT2D eigenvalue weighted by Gasteiger charge is -2.22. The van der Waals surface area contributed by atoms with Crippen molar-refractivity contribution in [2.45, 2.75) is 19.5 Å². The molecule has 1 unspecified atom stereocenters. The topological polar surface area (TPSA) is 42.1 Å². The first-order chi connectivity index (χ1) is 6.63. The molecule has 0 radical (unpaired) electrons. The summed E-state index contributed by atoms with van der Waals surface area (Å²) in [6, 6.07) is 4.41. The number of nitrogens with two attached hydrogens (primary N) is 1. The molecule has 0 fully saturated rings. The van der Waals surface area contributed by atoms with E-state index in [0.29, 0.717) is 12.6 Å². The zero-order valence-electron chi connectivity index (χ0n) is 8.57. The van der Waals surface area contributed by atoms with Crippen molar-refractivity contribution >= 4 is 15.9 Å². The molecule has 0 aromatic carbocycles. The van der Waals surface area contributed by atoms with E-state index < -0.39 is 0 Å². The third-order valence-electron chi connectivity index (χ3n) is 2.29.